The molecule has 0 spiro atoms. The van der Waals surface area contributed by atoms with Crippen LogP contribution in [0.5, 0.6) is 0 Å². The predicted molar refractivity (Wildman–Crippen MR) is 62.1 cm³/mol. The Morgan fingerprint density at radius 3 is 2.93 bits per heavy atom. The van der Waals surface area contributed by atoms with E-state index >= 15 is 0 Å². The Balaban J connectivity index is 1.84. The van der Waals surface area contributed by atoms with Gasteiger partial charge in [-0.3, -0.25) is 0 Å². The molecule has 1 aromatic rings. The van der Waals surface area contributed by atoms with E-state index in [4.69, 9.17) is 0 Å². The molecule has 1 N–H and O–H groups in total. The van der Waals surface area contributed by atoms with E-state index in [0.29, 0.717) is 6.04 Å². The summed E-state index contributed by atoms with van der Waals surface area (Å²) in [4.78, 5) is 0. The summed E-state index contributed by atoms with van der Waals surface area (Å²) in [5, 5.41) is 12.8. The first-order chi connectivity index (χ1) is 7.27. The Hall–Kier alpha value is -0.550. The summed E-state index contributed by atoms with van der Waals surface area (Å²) in [7, 11) is 2.02. The fourth-order valence-electron chi connectivity index (χ4n) is 1.75. The van der Waals surface area contributed by atoms with Crippen molar-refractivity contribution in [1.82, 2.24) is 20.1 Å². The lowest BCUT2D eigenvalue weighted by Crippen LogP contribution is -2.35. The quantitative estimate of drug-likeness (QED) is 0.790. The number of aryl methyl sites for hydroxylation is 1. The molecule has 1 atom stereocenters. The number of nitrogens with zero attached hydrogens (tertiary/aromatic N) is 3. The smallest absolute Gasteiger partial charge is 0.190 e. The van der Waals surface area contributed by atoms with Crippen molar-refractivity contribution in [3.8, 4) is 0 Å². The Morgan fingerprint density at radius 1 is 1.47 bits per heavy atom. The van der Waals surface area contributed by atoms with Gasteiger partial charge in [-0.05, 0) is 26.3 Å². The number of thioether (sulfide) groups is 1. The molecule has 0 bridgehead atoms. The number of piperidine rings is 1. The van der Waals surface area contributed by atoms with Gasteiger partial charge < -0.3 is 9.88 Å². The molecule has 4 nitrogen and oxygen atoms in total. The molecule has 0 radical (unpaired) electrons. The van der Waals surface area contributed by atoms with Gasteiger partial charge in [0, 0.05) is 18.8 Å². The molecule has 1 saturated heterocycles. The minimum atomic E-state index is 0.653. The molecule has 1 aromatic heterocycles. The standard InChI is InChI=1S/C10H18N4S/c1-8-12-13-10(14(8)2)15-7-9-5-3-4-6-11-9/h9,11H,3-7H2,1-2H3. The number of hydrogen-bond acceptors (Lipinski definition) is 4. The zero-order valence-electron chi connectivity index (χ0n) is 9.36. The van der Waals surface area contributed by atoms with Crippen molar-refractivity contribution >= 4 is 11.8 Å². The van der Waals surface area contributed by atoms with E-state index < -0.39 is 0 Å². The second-order valence-electron chi connectivity index (χ2n) is 4.05. The van der Waals surface area contributed by atoms with E-state index in [1.807, 2.05) is 18.5 Å². The van der Waals surface area contributed by atoms with E-state index in [2.05, 4.69) is 15.5 Å². The summed E-state index contributed by atoms with van der Waals surface area (Å²) in [5.41, 5.74) is 0. The highest BCUT2D eigenvalue weighted by Crippen LogP contribution is 2.19. The number of rotatable bonds is 3. The van der Waals surface area contributed by atoms with Gasteiger partial charge in [0.2, 0.25) is 0 Å². The molecule has 0 amide bonds. The monoisotopic (exact) mass is 226 g/mol. The number of hydrogen-bond donors (Lipinski definition) is 1. The first-order valence-corrected chi connectivity index (χ1v) is 6.48. The van der Waals surface area contributed by atoms with Crippen LogP contribution in [0.1, 0.15) is 25.1 Å². The average molecular weight is 226 g/mol. The maximum atomic E-state index is 4.15. The molecule has 0 aliphatic carbocycles. The van der Waals surface area contributed by atoms with Crippen molar-refractivity contribution in [3.05, 3.63) is 5.82 Å². The van der Waals surface area contributed by atoms with Crippen LogP contribution < -0.4 is 5.32 Å². The zero-order valence-corrected chi connectivity index (χ0v) is 10.2. The molecule has 5 heteroatoms. The molecule has 1 aliphatic heterocycles. The SMILES string of the molecule is Cc1nnc(SCC2CCCCN2)n1C. The van der Waals surface area contributed by atoms with Gasteiger partial charge in [-0.2, -0.15) is 0 Å². The molecule has 15 heavy (non-hydrogen) atoms. The molecule has 1 fully saturated rings. The van der Waals surface area contributed by atoms with E-state index in [1.165, 1.54) is 25.8 Å². The Labute approximate surface area is 94.8 Å². The van der Waals surface area contributed by atoms with Crippen LogP contribution in [0.2, 0.25) is 0 Å². The van der Waals surface area contributed by atoms with Crippen LogP contribution >= 0.6 is 11.8 Å². The van der Waals surface area contributed by atoms with Crippen LogP contribution in [-0.2, 0) is 7.05 Å². The third-order valence-corrected chi connectivity index (χ3v) is 4.06. The zero-order chi connectivity index (χ0) is 10.7. The summed E-state index contributed by atoms with van der Waals surface area (Å²) < 4.78 is 2.05. The van der Waals surface area contributed by atoms with Crippen LogP contribution in [0.3, 0.4) is 0 Å². The fraction of sp³-hybridized carbons (Fsp3) is 0.800. The predicted octanol–water partition coefficient (Wildman–Crippen LogP) is 1.36. The molecular formula is C10H18N4S. The van der Waals surface area contributed by atoms with Crippen molar-refractivity contribution in [3.63, 3.8) is 0 Å². The molecule has 2 rings (SSSR count). The van der Waals surface area contributed by atoms with Crippen molar-refractivity contribution < 1.29 is 0 Å². The molecule has 2 heterocycles. The van der Waals surface area contributed by atoms with Crippen LogP contribution in [0, 0.1) is 6.92 Å². The Morgan fingerprint density at radius 2 is 2.33 bits per heavy atom. The van der Waals surface area contributed by atoms with Gasteiger partial charge >= 0.3 is 0 Å². The van der Waals surface area contributed by atoms with Gasteiger partial charge in [-0.25, -0.2) is 0 Å². The minimum absolute atomic E-state index is 0.653. The number of aromatic nitrogens is 3. The molecule has 1 aliphatic rings. The summed E-state index contributed by atoms with van der Waals surface area (Å²) in [5.74, 6) is 2.08. The first kappa shape index (κ1) is 11.0. The molecular weight excluding hydrogens is 208 g/mol. The van der Waals surface area contributed by atoms with Crippen LogP contribution in [0.15, 0.2) is 5.16 Å². The second-order valence-corrected chi connectivity index (χ2v) is 5.03. The summed E-state index contributed by atoms with van der Waals surface area (Å²) in [6, 6.07) is 0.653. The van der Waals surface area contributed by atoms with E-state index in [1.54, 1.807) is 11.8 Å². The van der Waals surface area contributed by atoms with Gasteiger partial charge in [0.1, 0.15) is 5.82 Å². The topological polar surface area (TPSA) is 42.7 Å². The second kappa shape index (κ2) is 4.99. The van der Waals surface area contributed by atoms with Crippen LogP contribution in [0.4, 0.5) is 0 Å². The molecule has 1 unspecified atom stereocenters. The lowest BCUT2D eigenvalue weighted by Gasteiger charge is -2.22. The summed E-state index contributed by atoms with van der Waals surface area (Å²) in [6.45, 7) is 3.15. The van der Waals surface area contributed by atoms with Gasteiger partial charge in [-0.1, -0.05) is 18.2 Å². The van der Waals surface area contributed by atoms with E-state index in [9.17, 15) is 0 Å². The third-order valence-electron chi connectivity index (χ3n) is 2.88. The first-order valence-electron chi connectivity index (χ1n) is 5.49. The highest BCUT2D eigenvalue weighted by Gasteiger charge is 2.14. The largest absolute Gasteiger partial charge is 0.313 e. The molecule has 84 valence electrons. The van der Waals surface area contributed by atoms with Crippen molar-refractivity contribution in [2.75, 3.05) is 12.3 Å². The van der Waals surface area contributed by atoms with Gasteiger partial charge in [-0.15, -0.1) is 10.2 Å². The van der Waals surface area contributed by atoms with E-state index in [0.717, 1.165) is 16.7 Å². The maximum absolute atomic E-state index is 4.15. The summed E-state index contributed by atoms with van der Waals surface area (Å²) in [6.07, 6.45) is 3.98. The maximum Gasteiger partial charge on any atom is 0.190 e. The lowest BCUT2D eigenvalue weighted by molar-refractivity contribution is 0.429. The van der Waals surface area contributed by atoms with Crippen molar-refractivity contribution in [1.29, 1.82) is 0 Å². The minimum Gasteiger partial charge on any atom is -0.313 e. The van der Waals surface area contributed by atoms with E-state index in [-0.39, 0.29) is 0 Å². The van der Waals surface area contributed by atoms with Gasteiger partial charge in [0.05, 0.1) is 0 Å². The van der Waals surface area contributed by atoms with Gasteiger partial charge in [0.25, 0.3) is 0 Å². The van der Waals surface area contributed by atoms with Gasteiger partial charge in [0.15, 0.2) is 5.16 Å². The summed E-state index contributed by atoms with van der Waals surface area (Å²) >= 11 is 1.80. The van der Waals surface area contributed by atoms with Crippen LogP contribution in [-0.4, -0.2) is 33.1 Å². The highest BCUT2D eigenvalue weighted by molar-refractivity contribution is 7.99. The lowest BCUT2D eigenvalue weighted by atomic mass is 10.1. The normalized spacial score (nSPS) is 21.9. The molecule has 0 aromatic carbocycles. The Kier molecular flexibility index (Phi) is 3.64. The highest BCUT2D eigenvalue weighted by atomic mass is 32.2. The van der Waals surface area contributed by atoms with Crippen molar-refractivity contribution in [2.24, 2.45) is 7.05 Å². The fourth-order valence-corrected chi connectivity index (χ4v) is 2.81. The average Bonchev–Trinajstić information content (AvgIpc) is 2.59. The molecule has 0 saturated carbocycles. The Bertz CT molecular complexity index is 317. The van der Waals surface area contributed by atoms with Crippen molar-refractivity contribution in [2.45, 2.75) is 37.4 Å². The van der Waals surface area contributed by atoms with Crippen LogP contribution in [0.25, 0.3) is 0 Å². The number of nitrogens with one attached hydrogen (secondary N) is 1. The third kappa shape index (κ3) is 2.72.